The van der Waals surface area contributed by atoms with Gasteiger partial charge in [0.15, 0.2) is 5.78 Å². The lowest BCUT2D eigenvalue weighted by Crippen LogP contribution is -2.06. The zero-order valence-corrected chi connectivity index (χ0v) is 10.9. The number of ketones is 1. The standard InChI is InChI=1S/C14H11ClFNO2/c1-19-9-3-5-10(12(15)7-9)14(18)11-4-2-8(16)6-13(11)17/h2-7H,17H2,1H3. The fourth-order valence-corrected chi connectivity index (χ4v) is 1.95. The molecular formula is C14H11ClFNO2. The molecule has 3 nitrogen and oxygen atoms in total. The number of rotatable bonds is 3. The Bertz CT molecular complexity index is 643. The number of carbonyl (C=O) groups excluding carboxylic acids is 1. The van der Waals surface area contributed by atoms with E-state index in [4.69, 9.17) is 22.1 Å². The van der Waals surface area contributed by atoms with Gasteiger partial charge in [0.1, 0.15) is 11.6 Å². The third kappa shape index (κ3) is 2.69. The van der Waals surface area contributed by atoms with Gasteiger partial charge in [0.25, 0.3) is 0 Å². The zero-order chi connectivity index (χ0) is 14.0. The largest absolute Gasteiger partial charge is 0.497 e. The van der Waals surface area contributed by atoms with Crippen LogP contribution in [0.4, 0.5) is 10.1 Å². The third-order valence-corrected chi connectivity index (χ3v) is 2.99. The second-order valence-electron chi connectivity index (χ2n) is 3.91. The third-order valence-electron chi connectivity index (χ3n) is 2.68. The van der Waals surface area contributed by atoms with Crippen LogP contribution >= 0.6 is 11.6 Å². The van der Waals surface area contributed by atoms with Crippen LogP contribution in [0.3, 0.4) is 0 Å². The normalized spacial score (nSPS) is 10.3. The maximum absolute atomic E-state index is 13.0. The van der Waals surface area contributed by atoms with Crippen molar-refractivity contribution in [3.63, 3.8) is 0 Å². The van der Waals surface area contributed by atoms with E-state index in [-0.39, 0.29) is 22.1 Å². The lowest BCUT2D eigenvalue weighted by Gasteiger charge is -2.08. The minimum atomic E-state index is -0.491. The molecule has 0 aliphatic carbocycles. The quantitative estimate of drug-likeness (QED) is 0.693. The molecule has 0 amide bonds. The van der Waals surface area contributed by atoms with Crippen molar-refractivity contribution in [2.75, 3.05) is 12.8 Å². The van der Waals surface area contributed by atoms with Gasteiger partial charge in [-0.15, -0.1) is 0 Å². The van der Waals surface area contributed by atoms with E-state index in [1.54, 1.807) is 12.1 Å². The topological polar surface area (TPSA) is 52.3 Å². The van der Waals surface area contributed by atoms with Crippen LogP contribution in [0.2, 0.25) is 5.02 Å². The molecule has 2 aromatic carbocycles. The van der Waals surface area contributed by atoms with Crippen LogP contribution in [0.1, 0.15) is 15.9 Å². The highest BCUT2D eigenvalue weighted by molar-refractivity contribution is 6.35. The Morgan fingerprint density at radius 3 is 2.47 bits per heavy atom. The average Bonchev–Trinajstić information content (AvgIpc) is 2.37. The van der Waals surface area contributed by atoms with Crippen LogP contribution in [0.15, 0.2) is 36.4 Å². The second kappa shape index (κ2) is 5.28. The van der Waals surface area contributed by atoms with Crippen molar-refractivity contribution in [1.82, 2.24) is 0 Å². The summed E-state index contributed by atoms with van der Waals surface area (Å²) in [6, 6.07) is 8.33. The summed E-state index contributed by atoms with van der Waals surface area (Å²) in [5, 5.41) is 0.257. The number of hydrogen-bond acceptors (Lipinski definition) is 3. The number of nitrogens with two attached hydrogens (primary N) is 1. The van der Waals surface area contributed by atoms with Crippen LogP contribution in [0.5, 0.6) is 5.75 Å². The average molecular weight is 280 g/mol. The lowest BCUT2D eigenvalue weighted by molar-refractivity contribution is 0.103. The van der Waals surface area contributed by atoms with Crippen LogP contribution in [0, 0.1) is 5.82 Å². The van der Waals surface area contributed by atoms with Gasteiger partial charge in [-0.25, -0.2) is 4.39 Å². The smallest absolute Gasteiger partial charge is 0.196 e. The predicted molar refractivity (Wildman–Crippen MR) is 72.2 cm³/mol. The maximum atomic E-state index is 13.0. The highest BCUT2D eigenvalue weighted by Gasteiger charge is 2.16. The Morgan fingerprint density at radius 1 is 1.21 bits per heavy atom. The van der Waals surface area contributed by atoms with Crippen LogP contribution in [-0.4, -0.2) is 12.9 Å². The predicted octanol–water partition coefficient (Wildman–Crippen LogP) is 3.30. The van der Waals surface area contributed by atoms with Crippen LogP contribution in [-0.2, 0) is 0 Å². The van der Waals surface area contributed by atoms with Gasteiger partial charge in [-0.3, -0.25) is 4.79 Å². The number of nitrogen functional groups attached to an aromatic ring is 1. The molecule has 2 rings (SSSR count). The number of carbonyl (C=O) groups is 1. The van der Waals surface area contributed by atoms with Gasteiger partial charge in [-0.2, -0.15) is 0 Å². The molecule has 0 bridgehead atoms. The van der Waals surface area contributed by atoms with Crippen molar-refractivity contribution in [2.45, 2.75) is 0 Å². The van der Waals surface area contributed by atoms with E-state index in [0.29, 0.717) is 11.3 Å². The summed E-state index contributed by atoms with van der Waals surface area (Å²) in [5.41, 5.74) is 6.23. The molecule has 0 saturated heterocycles. The van der Waals surface area contributed by atoms with E-state index in [2.05, 4.69) is 0 Å². The molecule has 2 aromatic rings. The molecule has 0 radical (unpaired) electrons. The summed E-state index contributed by atoms with van der Waals surface area (Å²) in [4.78, 5) is 12.3. The van der Waals surface area contributed by atoms with E-state index in [9.17, 15) is 9.18 Å². The fourth-order valence-electron chi connectivity index (χ4n) is 1.69. The molecule has 19 heavy (non-hydrogen) atoms. The van der Waals surface area contributed by atoms with Crippen molar-refractivity contribution in [2.24, 2.45) is 0 Å². The molecule has 0 saturated carbocycles. The summed E-state index contributed by atoms with van der Waals surface area (Å²) in [6.07, 6.45) is 0. The number of benzene rings is 2. The lowest BCUT2D eigenvalue weighted by atomic mass is 10.0. The SMILES string of the molecule is COc1ccc(C(=O)c2ccc(F)cc2N)c(Cl)c1. The molecule has 0 aromatic heterocycles. The van der Waals surface area contributed by atoms with Gasteiger partial charge >= 0.3 is 0 Å². The molecule has 0 fully saturated rings. The Kier molecular flexibility index (Phi) is 3.71. The van der Waals surface area contributed by atoms with Gasteiger partial charge in [-0.1, -0.05) is 11.6 Å². The molecular weight excluding hydrogens is 269 g/mol. The number of hydrogen-bond donors (Lipinski definition) is 1. The zero-order valence-electron chi connectivity index (χ0n) is 10.1. The van der Waals surface area contributed by atoms with Crippen LogP contribution < -0.4 is 10.5 Å². The number of ether oxygens (including phenoxy) is 1. The molecule has 0 unspecified atom stereocenters. The van der Waals surface area contributed by atoms with Crippen molar-refractivity contribution < 1.29 is 13.9 Å². The summed E-state index contributed by atoms with van der Waals surface area (Å²) in [6.45, 7) is 0. The monoisotopic (exact) mass is 279 g/mol. The van der Waals surface area contributed by atoms with E-state index in [1.165, 1.54) is 25.3 Å². The van der Waals surface area contributed by atoms with Gasteiger partial charge < -0.3 is 10.5 Å². The van der Waals surface area contributed by atoms with E-state index in [0.717, 1.165) is 6.07 Å². The number of methoxy groups -OCH3 is 1. The Morgan fingerprint density at radius 2 is 1.89 bits per heavy atom. The number of halogens is 2. The van der Waals surface area contributed by atoms with E-state index in [1.807, 2.05) is 0 Å². The molecule has 0 spiro atoms. The first-order chi connectivity index (χ1) is 9.02. The van der Waals surface area contributed by atoms with Gasteiger partial charge in [-0.05, 0) is 36.4 Å². The van der Waals surface area contributed by atoms with Gasteiger partial charge in [0, 0.05) is 16.8 Å². The van der Waals surface area contributed by atoms with Crippen molar-refractivity contribution in [3.05, 3.63) is 58.4 Å². The second-order valence-corrected chi connectivity index (χ2v) is 4.31. The molecule has 0 atom stereocenters. The summed E-state index contributed by atoms with van der Waals surface area (Å²) < 4.78 is 18.0. The van der Waals surface area contributed by atoms with Crippen molar-refractivity contribution in [1.29, 1.82) is 0 Å². The Hall–Kier alpha value is -2.07. The van der Waals surface area contributed by atoms with Gasteiger partial charge in [0.2, 0.25) is 0 Å². The molecule has 0 aliphatic rings. The number of anilines is 1. The fraction of sp³-hybridized carbons (Fsp3) is 0.0714. The Balaban J connectivity index is 2.44. The molecule has 2 N–H and O–H groups in total. The highest BCUT2D eigenvalue weighted by atomic mass is 35.5. The van der Waals surface area contributed by atoms with E-state index >= 15 is 0 Å². The molecule has 0 heterocycles. The summed E-state index contributed by atoms with van der Waals surface area (Å²) in [5.74, 6) is -0.298. The van der Waals surface area contributed by atoms with Crippen molar-refractivity contribution >= 4 is 23.1 Å². The first kappa shape index (κ1) is 13.4. The minimum absolute atomic E-state index is 0.0804. The Labute approximate surface area is 114 Å². The van der Waals surface area contributed by atoms with E-state index < -0.39 is 5.82 Å². The van der Waals surface area contributed by atoms with Gasteiger partial charge in [0.05, 0.1) is 12.1 Å². The first-order valence-corrected chi connectivity index (χ1v) is 5.84. The maximum Gasteiger partial charge on any atom is 0.196 e. The first-order valence-electron chi connectivity index (χ1n) is 5.46. The van der Waals surface area contributed by atoms with Crippen molar-refractivity contribution in [3.8, 4) is 5.75 Å². The summed E-state index contributed by atoms with van der Waals surface area (Å²) >= 11 is 6.02. The summed E-state index contributed by atoms with van der Waals surface area (Å²) in [7, 11) is 1.51. The molecule has 0 aliphatic heterocycles. The molecule has 5 heteroatoms. The molecule has 98 valence electrons. The highest BCUT2D eigenvalue weighted by Crippen LogP contribution is 2.26. The minimum Gasteiger partial charge on any atom is -0.497 e. The van der Waals surface area contributed by atoms with Crippen LogP contribution in [0.25, 0.3) is 0 Å².